The summed E-state index contributed by atoms with van der Waals surface area (Å²) in [5.41, 5.74) is 6.36. The zero-order valence-corrected chi connectivity index (χ0v) is 13.6. The van der Waals surface area contributed by atoms with Gasteiger partial charge in [0.2, 0.25) is 0 Å². The van der Waals surface area contributed by atoms with Crippen LogP contribution in [0.15, 0.2) is 30.3 Å². The number of halogens is 4. The fraction of sp³-hybridized carbons (Fsp3) is 0.0714. The topological polar surface area (TPSA) is 35.2 Å². The number of ether oxygens (including phenoxy) is 1. The molecule has 0 heterocycles. The molecule has 0 fully saturated rings. The van der Waals surface area contributed by atoms with Crippen LogP contribution < -0.4 is 10.5 Å². The van der Waals surface area contributed by atoms with E-state index in [1.807, 2.05) is 0 Å². The van der Waals surface area contributed by atoms with Crippen LogP contribution in [0.1, 0.15) is 11.1 Å². The Kier molecular flexibility index (Phi) is 5.27. The number of nitrogens with two attached hydrogens (primary N) is 1. The molecule has 110 valence electrons. The standard InChI is InChI=1S/C14H9Cl3FNOS/c15-9-4-10(16)13(11(17)5-9)20-6-8-3-7(14(19)21)1-2-12(8)18/h1-5H,6H2,(H2,19,21). The molecule has 0 saturated heterocycles. The smallest absolute Gasteiger partial charge is 0.157 e. The Bertz CT molecular complexity index is 686. The molecule has 0 aliphatic rings. The molecular weight excluding hydrogens is 356 g/mol. The Hall–Kier alpha value is -1.07. The number of hydrogen-bond acceptors (Lipinski definition) is 2. The van der Waals surface area contributed by atoms with Gasteiger partial charge in [-0.1, -0.05) is 47.0 Å². The molecule has 2 nitrogen and oxygen atoms in total. The predicted molar refractivity (Wildman–Crippen MR) is 88.1 cm³/mol. The van der Waals surface area contributed by atoms with Gasteiger partial charge in [-0.15, -0.1) is 0 Å². The molecule has 0 unspecified atom stereocenters. The van der Waals surface area contributed by atoms with Gasteiger partial charge in [-0.25, -0.2) is 4.39 Å². The van der Waals surface area contributed by atoms with Crippen LogP contribution in [0.2, 0.25) is 15.1 Å². The lowest BCUT2D eigenvalue weighted by Gasteiger charge is -2.11. The highest BCUT2D eigenvalue weighted by Crippen LogP contribution is 2.36. The molecule has 2 aromatic carbocycles. The van der Waals surface area contributed by atoms with Crippen molar-refractivity contribution in [3.8, 4) is 5.75 Å². The molecule has 0 bridgehead atoms. The normalized spacial score (nSPS) is 10.5. The molecule has 0 saturated carbocycles. The zero-order valence-electron chi connectivity index (χ0n) is 10.5. The molecule has 0 amide bonds. The van der Waals surface area contributed by atoms with E-state index in [0.717, 1.165) is 0 Å². The van der Waals surface area contributed by atoms with Crippen molar-refractivity contribution in [1.29, 1.82) is 0 Å². The van der Waals surface area contributed by atoms with E-state index in [9.17, 15) is 4.39 Å². The molecule has 0 atom stereocenters. The van der Waals surface area contributed by atoms with Crippen LogP contribution in [0.25, 0.3) is 0 Å². The van der Waals surface area contributed by atoms with E-state index in [2.05, 4.69) is 0 Å². The van der Waals surface area contributed by atoms with Crippen molar-refractivity contribution in [2.75, 3.05) is 0 Å². The van der Waals surface area contributed by atoms with Crippen molar-refractivity contribution >= 4 is 52.0 Å². The molecule has 2 N–H and O–H groups in total. The fourth-order valence-corrected chi connectivity index (χ4v) is 2.71. The second-order valence-corrected chi connectivity index (χ2v) is 5.85. The third-order valence-electron chi connectivity index (χ3n) is 2.67. The quantitative estimate of drug-likeness (QED) is 0.775. The SMILES string of the molecule is NC(=S)c1ccc(F)c(COc2c(Cl)cc(Cl)cc2Cl)c1. The summed E-state index contributed by atoms with van der Waals surface area (Å²) in [5, 5.41) is 0.885. The number of hydrogen-bond donors (Lipinski definition) is 1. The summed E-state index contributed by atoms with van der Waals surface area (Å²) < 4.78 is 19.2. The van der Waals surface area contributed by atoms with E-state index in [4.69, 9.17) is 57.5 Å². The highest BCUT2D eigenvalue weighted by Gasteiger charge is 2.12. The maximum absolute atomic E-state index is 13.7. The minimum atomic E-state index is -0.434. The monoisotopic (exact) mass is 363 g/mol. The van der Waals surface area contributed by atoms with E-state index in [1.165, 1.54) is 30.3 Å². The van der Waals surface area contributed by atoms with Crippen molar-refractivity contribution in [1.82, 2.24) is 0 Å². The van der Waals surface area contributed by atoms with Crippen molar-refractivity contribution in [3.63, 3.8) is 0 Å². The number of thiocarbonyl (C=S) groups is 1. The Labute approximate surface area is 141 Å². The molecular formula is C14H9Cl3FNOS. The van der Waals surface area contributed by atoms with Gasteiger partial charge in [0.1, 0.15) is 17.4 Å². The minimum absolute atomic E-state index is 0.0661. The van der Waals surface area contributed by atoms with Gasteiger partial charge in [0.15, 0.2) is 5.75 Å². The molecule has 2 aromatic rings. The average Bonchev–Trinajstić information content (AvgIpc) is 2.39. The van der Waals surface area contributed by atoms with Crippen molar-refractivity contribution in [2.45, 2.75) is 6.61 Å². The molecule has 21 heavy (non-hydrogen) atoms. The summed E-state index contributed by atoms with van der Waals surface area (Å²) >= 11 is 22.7. The fourth-order valence-electron chi connectivity index (χ4n) is 1.66. The van der Waals surface area contributed by atoms with Gasteiger partial charge in [-0.2, -0.15) is 0 Å². The highest BCUT2D eigenvalue weighted by molar-refractivity contribution is 7.80. The lowest BCUT2D eigenvalue weighted by Crippen LogP contribution is -2.11. The summed E-state index contributed by atoms with van der Waals surface area (Å²) in [5.74, 6) is -0.195. The van der Waals surface area contributed by atoms with Crippen LogP contribution in [-0.4, -0.2) is 4.99 Å². The predicted octanol–water partition coefficient (Wildman–Crippen LogP) is 5.00. The number of benzene rings is 2. The molecule has 0 spiro atoms. The lowest BCUT2D eigenvalue weighted by molar-refractivity contribution is 0.300. The van der Waals surface area contributed by atoms with Gasteiger partial charge < -0.3 is 10.5 Å². The highest BCUT2D eigenvalue weighted by atomic mass is 35.5. The van der Waals surface area contributed by atoms with Crippen molar-refractivity contribution in [2.24, 2.45) is 5.73 Å². The Balaban J connectivity index is 2.24. The maximum Gasteiger partial charge on any atom is 0.157 e. The summed E-state index contributed by atoms with van der Waals surface area (Å²) in [6.07, 6.45) is 0. The first-order valence-corrected chi connectivity index (χ1v) is 7.28. The second kappa shape index (κ2) is 6.79. The first-order chi connectivity index (χ1) is 9.88. The Morgan fingerprint density at radius 2 is 1.76 bits per heavy atom. The molecule has 0 aromatic heterocycles. The molecule has 7 heteroatoms. The summed E-state index contributed by atoms with van der Waals surface area (Å²) in [7, 11) is 0. The third kappa shape index (κ3) is 3.98. The van der Waals surface area contributed by atoms with Crippen LogP contribution in [0.3, 0.4) is 0 Å². The molecule has 0 aliphatic heterocycles. The second-order valence-electron chi connectivity index (χ2n) is 4.16. The van der Waals surface area contributed by atoms with Crippen molar-refractivity contribution in [3.05, 3.63) is 62.3 Å². The number of rotatable bonds is 4. The van der Waals surface area contributed by atoms with E-state index < -0.39 is 5.82 Å². The van der Waals surface area contributed by atoms with Gasteiger partial charge in [-0.3, -0.25) is 0 Å². The van der Waals surface area contributed by atoms with E-state index in [1.54, 1.807) is 0 Å². The largest absolute Gasteiger partial charge is 0.486 e. The minimum Gasteiger partial charge on any atom is -0.486 e. The molecule has 0 radical (unpaired) electrons. The van der Waals surface area contributed by atoms with Gasteiger partial charge in [-0.05, 0) is 30.3 Å². The first-order valence-electron chi connectivity index (χ1n) is 5.74. The Morgan fingerprint density at radius 1 is 1.14 bits per heavy atom. The Morgan fingerprint density at radius 3 is 2.33 bits per heavy atom. The summed E-state index contributed by atoms with van der Waals surface area (Å²) in [6, 6.07) is 7.29. The van der Waals surface area contributed by atoms with Crippen LogP contribution in [0.4, 0.5) is 4.39 Å². The van der Waals surface area contributed by atoms with Crippen LogP contribution in [0, 0.1) is 5.82 Å². The van der Waals surface area contributed by atoms with Gasteiger partial charge >= 0.3 is 0 Å². The lowest BCUT2D eigenvalue weighted by atomic mass is 10.1. The summed E-state index contributed by atoms with van der Waals surface area (Å²) in [6.45, 7) is -0.0661. The third-order valence-corrected chi connectivity index (χ3v) is 3.68. The van der Waals surface area contributed by atoms with Crippen LogP contribution >= 0.6 is 47.0 Å². The van der Waals surface area contributed by atoms with Crippen LogP contribution in [0.5, 0.6) is 5.75 Å². The zero-order chi connectivity index (χ0) is 15.6. The van der Waals surface area contributed by atoms with Gasteiger partial charge in [0.05, 0.1) is 10.0 Å². The van der Waals surface area contributed by atoms with Gasteiger partial charge in [0.25, 0.3) is 0 Å². The van der Waals surface area contributed by atoms with Crippen molar-refractivity contribution < 1.29 is 9.13 Å². The van der Waals surface area contributed by atoms with E-state index >= 15 is 0 Å². The first kappa shape index (κ1) is 16.3. The molecule has 2 rings (SSSR count). The molecule has 0 aliphatic carbocycles. The van der Waals surface area contributed by atoms with Crippen LogP contribution in [-0.2, 0) is 6.61 Å². The maximum atomic E-state index is 13.7. The summed E-state index contributed by atoms with van der Waals surface area (Å²) in [4.78, 5) is 0.179. The average molecular weight is 365 g/mol. The van der Waals surface area contributed by atoms with Gasteiger partial charge in [0, 0.05) is 16.1 Å². The van der Waals surface area contributed by atoms with E-state index in [-0.39, 0.29) is 27.4 Å². The van der Waals surface area contributed by atoms with E-state index in [0.29, 0.717) is 16.1 Å².